The molecule has 144 valence electrons. The SMILES string of the molecule is Cc1cc(C(F)(F)F)nc(NCC(=O)N(C)c2ccc(F)cc2C#N)c1C#N. The Hall–Kier alpha value is -3.66. The van der Waals surface area contributed by atoms with Gasteiger partial charge in [0.15, 0.2) is 0 Å². The lowest BCUT2D eigenvalue weighted by Crippen LogP contribution is -2.33. The Morgan fingerprint density at radius 2 is 1.93 bits per heavy atom. The molecular weight excluding hydrogens is 378 g/mol. The molecule has 0 saturated heterocycles. The fraction of sp³-hybridized carbons (Fsp3) is 0.222. The summed E-state index contributed by atoms with van der Waals surface area (Å²) in [7, 11) is 1.33. The molecule has 6 nitrogen and oxygen atoms in total. The molecule has 0 saturated carbocycles. The third-order valence-corrected chi connectivity index (χ3v) is 3.84. The number of pyridine rings is 1. The van der Waals surface area contributed by atoms with Gasteiger partial charge in [-0.25, -0.2) is 9.37 Å². The second kappa shape index (κ2) is 7.92. The number of nitriles is 2. The maximum atomic E-state index is 13.2. The first-order valence-electron chi connectivity index (χ1n) is 7.77. The molecule has 10 heteroatoms. The summed E-state index contributed by atoms with van der Waals surface area (Å²) in [5, 5.41) is 20.7. The maximum absolute atomic E-state index is 13.2. The first-order valence-corrected chi connectivity index (χ1v) is 7.77. The van der Waals surface area contributed by atoms with E-state index in [4.69, 9.17) is 10.5 Å². The fourth-order valence-electron chi connectivity index (χ4n) is 2.39. The van der Waals surface area contributed by atoms with Gasteiger partial charge in [-0.05, 0) is 36.8 Å². The summed E-state index contributed by atoms with van der Waals surface area (Å²) in [6.07, 6.45) is -4.72. The molecule has 1 heterocycles. The van der Waals surface area contributed by atoms with Gasteiger partial charge in [0.05, 0.1) is 23.4 Å². The number of hydrogen-bond acceptors (Lipinski definition) is 5. The zero-order chi connectivity index (χ0) is 21.1. The summed E-state index contributed by atoms with van der Waals surface area (Å²) >= 11 is 0. The molecule has 0 fully saturated rings. The number of alkyl halides is 3. The highest BCUT2D eigenvalue weighted by Gasteiger charge is 2.34. The number of halogens is 4. The van der Waals surface area contributed by atoms with E-state index in [-0.39, 0.29) is 28.2 Å². The average molecular weight is 391 g/mol. The van der Waals surface area contributed by atoms with Gasteiger partial charge in [0.1, 0.15) is 29.5 Å². The molecule has 0 atom stereocenters. The smallest absolute Gasteiger partial charge is 0.360 e. The van der Waals surface area contributed by atoms with E-state index in [2.05, 4.69) is 10.3 Å². The van der Waals surface area contributed by atoms with E-state index in [1.165, 1.54) is 20.0 Å². The molecule has 1 amide bonds. The van der Waals surface area contributed by atoms with Gasteiger partial charge in [-0.15, -0.1) is 0 Å². The third-order valence-electron chi connectivity index (χ3n) is 3.84. The summed E-state index contributed by atoms with van der Waals surface area (Å²) < 4.78 is 52.0. The van der Waals surface area contributed by atoms with E-state index >= 15 is 0 Å². The van der Waals surface area contributed by atoms with Crippen LogP contribution in [0.2, 0.25) is 0 Å². The van der Waals surface area contributed by atoms with Gasteiger partial charge in [-0.1, -0.05) is 0 Å². The number of aryl methyl sites for hydroxylation is 1. The van der Waals surface area contributed by atoms with Crippen molar-refractivity contribution in [3.05, 3.63) is 52.5 Å². The Bertz CT molecular complexity index is 1000. The highest BCUT2D eigenvalue weighted by atomic mass is 19.4. The highest BCUT2D eigenvalue weighted by Crippen LogP contribution is 2.31. The van der Waals surface area contributed by atoms with Gasteiger partial charge >= 0.3 is 6.18 Å². The molecule has 2 aromatic rings. The van der Waals surface area contributed by atoms with E-state index in [1.54, 1.807) is 12.1 Å². The molecule has 0 aliphatic rings. The lowest BCUT2D eigenvalue weighted by molar-refractivity contribution is -0.141. The minimum Gasteiger partial charge on any atom is -0.360 e. The molecule has 1 aromatic heterocycles. The summed E-state index contributed by atoms with van der Waals surface area (Å²) in [4.78, 5) is 16.8. The number of rotatable bonds is 4. The number of anilines is 2. The van der Waals surface area contributed by atoms with Crippen LogP contribution in [0.15, 0.2) is 24.3 Å². The predicted molar refractivity (Wildman–Crippen MR) is 91.7 cm³/mol. The van der Waals surface area contributed by atoms with Crippen molar-refractivity contribution in [2.75, 3.05) is 23.8 Å². The monoisotopic (exact) mass is 391 g/mol. The van der Waals surface area contributed by atoms with Gasteiger partial charge in [-0.3, -0.25) is 4.79 Å². The summed E-state index contributed by atoms with van der Waals surface area (Å²) in [5.41, 5.74) is -1.22. The summed E-state index contributed by atoms with van der Waals surface area (Å²) in [5.74, 6) is -1.67. The third kappa shape index (κ3) is 4.35. The number of likely N-dealkylation sites (N-methyl/N-ethyl adjacent to an activating group) is 1. The average Bonchev–Trinajstić information content (AvgIpc) is 2.64. The van der Waals surface area contributed by atoms with E-state index in [9.17, 15) is 22.4 Å². The van der Waals surface area contributed by atoms with E-state index in [0.29, 0.717) is 0 Å². The van der Waals surface area contributed by atoms with Crippen LogP contribution in [0.3, 0.4) is 0 Å². The molecule has 0 bridgehead atoms. The number of carbonyl (C=O) groups excluding carboxylic acids is 1. The lowest BCUT2D eigenvalue weighted by atomic mass is 10.1. The van der Waals surface area contributed by atoms with Crippen LogP contribution in [-0.4, -0.2) is 24.5 Å². The van der Waals surface area contributed by atoms with Crippen molar-refractivity contribution in [1.82, 2.24) is 4.98 Å². The second-order valence-electron chi connectivity index (χ2n) is 5.74. The number of hydrogen-bond donors (Lipinski definition) is 1. The molecule has 2 rings (SSSR count). The standard InChI is InChI=1S/C18H13F4N5O/c1-10-5-15(18(20,21)22)26-17(13(10)8-24)25-9-16(28)27(2)14-4-3-12(19)6-11(14)7-23/h3-6H,9H2,1-2H3,(H,25,26). The van der Waals surface area contributed by atoms with Crippen LogP contribution in [0.5, 0.6) is 0 Å². The van der Waals surface area contributed by atoms with Crippen LogP contribution in [0.25, 0.3) is 0 Å². The number of benzene rings is 1. The van der Waals surface area contributed by atoms with Crippen molar-refractivity contribution < 1.29 is 22.4 Å². The van der Waals surface area contributed by atoms with Crippen LogP contribution >= 0.6 is 0 Å². The molecule has 0 unspecified atom stereocenters. The van der Waals surface area contributed by atoms with Crippen LogP contribution in [0.1, 0.15) is 22.4 Å². The fourth-order valence-corrected chi connectivity index (χ4v) is 2.39. The molecule has 0 aliphatic heterocycles. The molecule has 28 heavy (non-hydrogen) atoms. The molecular formula is C18H13F4N5O. The Kier molecular flexibility index (Phi) is 5.84. The minimum absolute atomic E-state index is 0.0541. The largest absolute Gasteiger partial charge is 0.433 e. The first-order chi connectivity index (χ1) is 13.1. The van der Waals surface area contributed by atoms with Gasteiger partial charge in [0.2, 0.25) is 5.91 Å². The number of nitrogens with one attached hydrogen (secondary N) is 1. The first kappa shape index (κ1) is 20.6. The minimum atomic E-state index is -4.72. The lowest BCUT2D eigenvalue weighted by Gasteiger charge is -2.19. The number of amides is 1. The van der Waals surface area contributed by atoms with Crippen molar-refractivity contribution in [3.8, 4) is 12.1 Å². The van der Waals surface area contributed by atoms with Crippen molar-refractivity contribution in [2.45, 2.75) is 13.1 Å². The van der Waals surface area contributed by atoms with Crippen LogP contribution in [0, 0.1) is 35.4 Å². The molecule has 0 aliphatic carbocycles. The van der Waals surface area contributed by atoms with Crippen molar-refractivity contribution in [3.63, 3.8) is 0 Å². The van der Waals surface area contributed by atoms with Gasteiger partial charge in [0.25, 0.3) is 0 Å². The highest BCUT2D eigenvalue weighted by molar-refractivity contribution is 5.96. The van der Waals surface area contributed by atoms with E-state index in [1.807, 2.05) is 0 Å². The topological polar surface area (TPSA) is 92.8 Å². The van der Waals surface area contributed by atoms with Crippen LogP contribution in [0.4, 0.5) is 29.1 Å². The Balaban J connectivity index is 2.27. The van der Waals surface area contributed by atoms with Crippen LogP contribution in [-0.2, 0) is 11.0 Å². The van der Waals surface area contributed by atoms with Crippen molar-refractivity contribution in [1.29, 1.82) is 10.5 Å². The molecule has 0 radical (unpaired) electrons. The molecule has 1 N–H and O–H groups in total. The Labute approximate surface area is 157 Å². The van der Waals surface area contributed by atoms with E-state index < -0.39 is 30.1 Å². The molecule has 0 spiro atoms. The van der Waals surface area contributed by atoms with Crippen molar-refractivity contribution in [2.24, 2.45) is 0 Å². The van der Waals surface area contributed by atoms with E-state index in [0.717, 1.165) is 23.1 Å². The zero-order valence-corrected chi connectivity index (χ0v) is 14.7. The predicted octanol–water partition coefficient (Wildman–Crippen LogP) is 3.37. The van der Waals surface area contributed by atoms with Crippen LogP contribution < -0.4 is 10.2 Å². The number of nitrogens with zero attached hydrogens (tertiary/aromatic N) is 4. The maximum Gasteiger partial charge on any atom is 0.433 e. The Morgan fingerprint density at radius 3 is 2.50 bits per heavy atom. The quantitative estimate of drug-likeness (QED) is 0.807. The van der Waals surface area contributed by atoms with Gasteiger partial charge in [-0.2, -0.15) is 23.7 Å². The number of aromatic nitrogens is 1. The summed E-state index contributed by atoms with van der Waals surface area (Å²) in [6, 6.07) is 7.52. The normalized spacial score (nSPS) is 10.7. The summed E-state index contributed by atoms with van der Waals surface area (Å²) in [6.45, 7) is 0.827. The number of carbonyl (C=O) groups is 1. The van der Waals surface area contributed by atoms with Gasteiger partial charge < -0.3 is 10.2 Å². The Morgan fingerprint density at radius 1 is 1.25 bits per heavy atom. The zero-order valence-electron chi connectivity index (χ0n) is 14.7. The molecule has 1 aromatic carbocycles. The van der Waals surface area contributed by atoms with Gasteiger partial charge in [0, 0.05) is 7.05 Å². The second-order valence-corrected chi connectivity index (χ2v) is 5.74. The van der Waals surface area contributed by atoms with Crippen molar-refractivity contribution >= 4 is 17.4 Å².